The van der Waals surface area contributed by atoms with Crippen molar-refractivity contribution in [3.8, 4) is 51.0 Å². The minimum absolute atomic E-state index is 0.549. The highest BCUT2D eigenvalue weighted by Crippen LogP contribution is 2.39. The third kappa shape index (κ3) is 5.01. The smallest absolute Gasteiger partial charge is 0.164 e. The van der Waals surface area contributed by atoms with E-state index < -0.39 is 0 Å². The summed E-state index contributed by atoms with van der Waals surface area (Å²) >= 11 is 0. The Balaban J connectivity index is 1.05. The van der Waals surface area contributed by atoms with E-state index in [-0.39, 0.29) is 0 Å². The van der Waals surface area contributed by atoms with Crippen LogP contribution in [0, 0.1) is 0 Å². The number of furan rings is 2. The largest absolute Gasteiger partial charge is 0.456 e. The summed E-state index contributed by atoms with van der Waals surface area (Å²) < 4.78 is 15.3. The number of hydrogen-bond acceptors (Lipinski definition) is 5. The van der Waals surface area contributed by atoms with Crippen molar-refractivity contribution in [2.24, 2.45) is 0 Å². The lowest BCUT2D eigenvalue weighted by molar-refractivity contribution is 0.669. The summed E-state index contributed by atoms with van der Waals surface area (Å²) in [7, 11) is 0. The summed E-state index contributed by atoms with van der Waals surface area (Å²) in [6.07, 6.45) is 0. The molecule has 0 saturated carbocycles. The van der Waals surface area contributed by atoms with Crippen LogP contribution >= 0.6 is 0 Å². The highest BCUT2D eigenvalue weighted by molar-refractivity contribution is 6.11. The van der Waals surface area contributed by atoms with E-state index in [9.17, 15) is 0 Å². The molecule has 0 atom stereocenters. The van der Waals surface area contributed by atoms with Crippen LogP contribution in [0.4, 0.5) is 0 Å². The molecule has 0 saturated heterocycles. The van der Waals surface area contributed by atoms with Crippen LogP contribution in [-0.4, -0.2) is 19.5 Å². The first-order chi connectivity index (χ1) is 28.2. The summed E-state index contributed by atoms with van der Waals surface area (Å²) in [5.41, 5.74) is 11.3. The highest BCUT2D eigenvalue weighted by Gasteiger charge is 2.19. The van der Waals surface area contributed by atoms with E-state index in [0.717, 1.165) is 88.4 Å². The van der Waals surface area contributed by atoms with Gasteiger partial charge in [-0.25, -0.2) is 15.0 Å². The molecule has 0 N–H and O–H groups in total. The lowest BCUT2D eigenvalue weighted by Gasteiger charge is -2.11. The number of nitrogens with zero attached hydrogens (tertiary/aromatic N) is 4. The van der Waals surface area contributed by atoms with Gasteiger partial charge in [-0.15, -0.1) is 0 Å². The van der Waals surface area contributed by atoms with Gasteiger partial charge in [-0.3, -0.25) is 0 Å². The summed E-state index contributed by atoms with van der Waals surface area (Å²) in [4.78, 5) is 15.5. The Morgan fingerprint density at radius 3 is 1.54 bits per heavy atom. The maximum atomic E-state index is 6.65. The van der Waals surface area contributed by atoms with Gasteiger partial charge in [0, 0.05) is 60.3 Å². The molecule has 0 radical (unpaired) electrons. The Morgan fingerprint density at radius 2 is 0.842 bits per heavy atom. The SMILES string of the molecule is c1ccc(-c2cccc3c2oc2cc(-c4nc(-c5cccc(-n6c7ccccc7c7ccccc76)c5)nc(-c5ccc6c(c5)oc5ccccc56)n4)ccc23)cc1. The second-order valence-corrected chi connectivity index (χ2v) is 14.4. The normalized spacial score (nSPS) is 11.9. The van der Waals surface area contributed by atoms with Gasteiger partial charge < -0.3 is 13.4 Å². The minimum Gasteiger partial charge on any atom is -0.456 e. The van der Waals surface area contributed by atoms with Gasteiger partial charge in [0.15, 0.2) is 17.5 Å². The molecule has 57 heavy (non-hydrogen) atoms. The first kappa shape index (κ1) is 31.5. The van der Waals surface area contributed by atoms with Crippen LogP contribution < -0.4 is 0 Å². The van der Waals surface area contributed by atoms with Crippen molar-refractivity contribution in [1.82, 2.24) is 19.5 Å². The van der Waals surface area contributed by atoms with Gasteiger partial charge >= 0.3 is 0 Å². The van der Waals surface area contributed by atoms with E-state index in [4.69, 9.17) is 23.8 Å². The monoisotopic (exact) mass is 730 g/mol. The molecule has 4 aromatic heterocycles. The van der Waals surface area contributed by atoms with Crippen LogP contribution in [0.2, 0.25) is 0 Å². The molecule has 0 unspecified atom stereocenters. The van der Waals surface area contributed by atoms with Crippen molar-refractivity contribution in [2.75, 3.05) is 0 Å². The quantitative estimate of drug-likeness (QED) is 0.176. The summed E-state index contributed by atoms with van der Waals surface area (Å²) in [5, 5.41) is 6.65. The van der Waals surface area contributed by atoms with Crippen molar-refractivity contribution >= 4 is 65.7 Å². The topological polar surface area (TPSA) is 69.9 Å². The number of aromatic nitrogens is 4. The van der Waals surface area contributed by atoms with Crippen LogP contribution in [0.1, 0.15) is 0 Å². The Bertz CT molecular complexity index is 3490. The van der Waals surface area contributed by atoms with Crippen molar-refractivity contribution in [3.05, 3.63) is 182 Å². The third-order valence-electron chi connectivity index (χ3n) is 11.1. The van der Waals surface area contributed by atoms with Gasteiger partial charge in [-0.05, 0) is 60.2 Å². The molecule has 0 aliphatic carbocycles. The Hall–Kier alpha value is -7.83. The Labute approximate surface area is 325 Å². The fraction of sp³-hybridized carbons (Fsp3) is 0. The van der Waals surface area contributed by atoms with Crippen molar-refractivity contribution in [2.45, 2.75) is 0 Å². The molecular formula is C51H30N4O2. The molecule has 0 spiro atoms. The molecule has 6 heteroatoms. The predicted octanol–water partition coefficient (Wildman–Crippen LogP) is 13.4. The molecule has 0 aliphatic heterocycles. The first-order valence-corrected chi connectivity index (χ1v) is 19.0. The Morgan fingerprint density at radius 1 is 0.333 bits per heavy atom. The van der Waals surface area contributed by atoms with Gasteiger partial charge in [-0.2, -0.15) is 0 Å². The molecule has 4 heterocycles. The van der Waals surface area contributed by atoms with Gasteiger partial charge in [0.25, 0.3) is 0 Å². The average molecular weight is 731 g/mol. The maximum absolute atomic E-state index is 6.65. The maximum Gasteiger partial charge on any atom is 0.164 e. The third-order valence-corrected chi connectivity index (χ3v) is 11.1. The zero-order valence-electron chi connectivity index (χ0n) is 30.4. The number of fused-ring (bicyclic) bond motifs is 9. The Kier molecular flexibility index (Phi) is 6.83. The minimum atomic E-state index is 0.549. The van der Waals surface area contributed by atoms with E-state index in [1.165, 1.54) is 10.8 Å². The number of rotatable bonds is 5. The number of hydrogen-bond donors (Lipinski definition) is 0. The molecular weight excluding hydrogens is 701 g/mol. The molecule has 6 nitrogen and oxygen atoms in total. The predicted molar refractivity (Wildman–Crippen MR) is 230 cm³/mol. The summed E-state index contributed by atoms with van der Waals surface area (Å²) in [5.74, 6) is 1.67. The molecule has 0 bridgehead atoms. The fourth-order valence-electron chi connectivity index (χ4n) is 8.40. The van der Waals surface area contributed by atoms with Crippen molar-refractivity contribution < 1.29 is 8.83 Å². The molecule has 8 aromatic carbocycles. The van der Waals surface area contributed by atoms with E-state index in [1.807, 2.05) is 36.4 Å². The molecule has 0 aliphatic rings. The van der Waals surface area contributed by atoms with Crippen LogP contribution in [0.25, 0.3) is 117 Å². The lowest BCUT2D eigenvalue weighted by atomic mass is 10.0. The second-order valence-electron chi connectivity index (χ2n) is 14.4. The van der Waals surface area contributed by atoms with E-state index in [2.05, 4.69) is 150 Å². The van der Waals surface area contributed by atoms with Crippen LogP contribution in [0.5, 0.6) is 0 Å². The highest BCUT2D eigenvalue weighted by atomic mass is 16.3. The van der Waals surface area contributed by atoms with Crippen molar-refractivity contribution in [3.63, 3.8) is 0 Å². The zero-order valence-corrected chi connectivity index (χ0v) is 30.4. The number of para-hydroxylation sites is 4. The summed E-state index contributed by atoms with van der Waals surface area (Å²) in [6, 6.07) is 62.7. The molecule has 0 fully saturated rings. The zero-order chi connectivity index (χ0) is 37.5. The van der Waals surface area contributed by atoms with Gasteiger partial charge in [-0.1, -0.05) is 127 Å². The van der Waals surface area contributed by atoms with Gasteiger partial charge in [0.2, 0.25) is 0 Å². The summed E-state index contributed by atoms with van der Waals surface area (Å²) in [6.45, 7) is 0. The van der Waals surface area contributed by atoms with Gasteiger partial charge in [0.1, 0.15) is 22.3 Å². The average Bonchev–Trinajstić information content (AvgIpc) is 3.95. The van der Waals surface area contributed by atoms with E-state index >= 15 is 0 Å². The van der Waals surface area contributed by atoms with Crippen molar-refractivity contribution in [1.29, 1.82) is 0 Å². The molecule has 12 aromatic rings. The molecule has 12 rings (SSSR count). The fourth-order valence-corrected chi connectivity index (χ4v) is 8.40. The lowest BCUT2D eigenvalue weighted by Crippen LogP contribution is -2.01. The van der Waals surface area contributed by atoms with Crippen LogP contribution in [-0.2, 0) is 0 Å². The van der Waals surface area contributed by atoms with E-state index in [0.29, 0.717) is 17.5 Å². The standard InChI is InChI=1S/C51H30N4O2/c1-2-12-31(13-3-1)36-19-11-20-42-41-27-25-34(30-47(41)57-48(36)42)51-53-49(52-50(54-51)33-24-26-40-39-18-6-9-23-45(39)56-46(40)29-33)32-14-10-15-35(28-32)55-43-21-7-4-16-37(43)38-17-5-8-22-44(38)55/h1-30H. The molecule has 266 valence electrons. The molecule has 0 amide bonds. The van der Waals surface area contributed by atoms with Crippen LogP contribution in [0.15, 0.2) is 191 Å². The van der Waals surface area contributed by atoms with Crippen LogP contribution in [0.3, 0.4) is 0 Å². The first-order valence-electron chi connectivity index (χ1n) is 19.0. The van der Waals surface area contributed by atoms with Gasteiger partial charge in [0.05, 0.1) is 11.0 Å². The number of benzene rings is 8. The second kappa shape index (κ2) is 12.3. The van der Waals surface area contributed by atoms with E-state index in [1.54, 1.807) is 0 Å².